The third-order valence-corrected chi connectivity index (χ3v) is 3.95. The van der Waals surface area contributed by atoms with Crippen LogP contribution in [-0.2, 0) is 6.54 Å². The molecule has 0 aliphatic heterocycles. The van der Waals surface area contributed by atoms with Crippen LogP contribution in [0, 0.1) is 22.9 Å². The van der Waals surface area contributed by atoms with E-state index in [4.69, 9.17) is 11.6 Å². The molecule has 7 heteroatoms. The second-order valence-electron chi connectivity index (χ2n) is 4.47. The van der Waals surface area contributed by atoms with Crippen molar-refractivity contribution in [2.24, 2.45) is 0 Å². The number of benzene rings is 2. The third-order valence-electron chi connectivity index (χ3n) is 2.98. The van der Waals surface area contributed by atoms with Crippen molar-refractivity contribution < 1.29 is 9.31 Å². The van der Waals surface area contributed by atoms with Gasteiger partial charge in [0.2, 0.25) is 0 Å². The van der Waals surface area contributed by atoms with Gasteiger partial charge in [-0.25, -0.2) is 4.39 Å². The lowest BCUT2D eigenvalue weighted by atomic mass is 10.1. The lowest BCUT2D eigenvalue weighted by Crippen LogP contribution is -2.03. The molecule has 21 heavy (non-hydrogen) atoms. The quantitative estimate of drug-likeness (QED) is 0.601. The van der Waals surface area contributed by atoms with Crippen LogP contribution in [0.1, 0.15) is 11.1 Å². The van der Waals surface area contributed by atoms with Crippen LogP contribution in [0.5, 0.6) is 0 Å². The molecule has 110 valence electrons. The highest BCUT2D eigenvalue weighted by atomic mass is 79.9. The maximum Gasteiger partial charge on any atom is 0.269 e. The number of halogens is 3. The summed E-state index contributed by atoms with van der Waals surface area (Å²) in [6.07, 6.45) is 0. The number of rotatable bonds is 4. The third kappa shape index (κ3) is 3.71. The van der Waals surface area contributed by atoms with E-state index in [1.54, 1.807) is 6.07 Å². The van der Waals surface area contributed by atoms with Gasteiger partial charge in [0.1, 0.15) is 5.82 Å². The van der Waals surface area contributed by atoms with E-state index < -0.39 is 4.92 Å². The van der Waals surface area contributed by atoms with Crippen molar-refractivity contribution in [2.75, 3.05) is 5.32 Å². The van der Waals surface area contributed by atoms with Crippen LogP contribution in [0.2, 0.25) is 5.02 Å². The highest BCUT2D eigenvalue weighted by molar-refractivity contribution is 9.10. The van der Waals surface area contributed by atoms with E-state index >= 15 is 0 Å². The number of nitrogens with zero attached hydrogens (tertiary/aromatic N) is 1. The minimum absolute atomic E-state index is 0.0325. The van der Waals surface area contributed by atoms with Gasteiger partial charge in [0.15, 0.2) is 0 Å². The Kier molecular flexibility index (Phi) is 4.80. The lowest BCUT2D eigenvalue weighted by Gasteiger charge is -2.11. The maximum atomic E-state index is 13.5. The largest absolute Gasteiger partial charge is 0.381 e. The molecule has 0 atom stereocenters. The van der Waals surface area contributed by atoms with Crippen LogP contribution in [0.3, 0.4) is 0 Å². The first-order valence-electron chi connectivity index (χ1n) is 6.01. The van der Waals surface area contributed by atoms with Gasteiger partial charge in [-0.15, -0.1) is 0 Å². The Hall–Kier alpha value is -1.66. The molecule has 2 aromatic rings. The topological polar surface area (TPSA) is 55.2 Å². The number of nitro benzene ring substituents is 1. The van der Waals surface area contributed by atoms with E-state index in [0.29, 0.717) is 20.7 Å². The van der Waals surface area contributed by atoms with Crippen molar-refractivity contribution in [1.82, 2.24) is 0 Å². The minimum atomic E-state index is -0.482. The molecular weight excluding hydrogens is 363 g/mol. The summed E-state index contributed by atoms with van der Waals surface area (Å²) >= 11 is 9.13. The molecule has 0 saturated carbocycles. The van der Waals surface area contributed by atoms with Crippen molar-refractivity contribution >= 4 is 38.9 Å². The highest BCUT2D eigenvalue weighted by Gasteiger charge is 2.11. The summed E-state index contributed by atoms with van der Waals surface area (Å²) < 4.78 is 13.9. The fourth-order valence-corrected chi connectivity index (χ4v) is 2.48. The molecule has 2 aromatic carbocycles. The lowest BCUT2D eigenvalue weighted by molar-refractivity contribution is -0.384. The average Bonchev–Trinajstić information content (AvgIpc) is 2.42. The van der Waals surface area contributed by atoms with Crippen molar-refractivity contribution in [2.45, 2.75) is 13.5 Å². The van der Waals surface area contributed by atoms with Crippen LogP contribution in [0.25, 0.3) is 0 Å². The number of anilines is 1. The molecule has 0 radical (unpaired) electrons. The van der Waals surface area contributed by atoms with Gasteiger partial charge in [-0.2, -0.15) is 0 Å². The predicted molar refractivity (Wildman–Crippen MR) is 84.3 cm³/mol. The van der Waals surface area contributed by atoms with Crippen LogP contribution in [0.15, 0.2) is 34.8 Å². The average molecular weight is 374 g/mol. The minimum Gasteiger partial charge on any atom is -0.381 e. The fourth-order valence-electron chi connectivity index (χ4n) is 1.84. The molecule has 0 bridgehead atoms. The van der Waals surface area contributed by atoms with Crippen molar-refractivity contribution in [1.29, 1.82) is 0 Å². The molecule has 0 amide bonds. The van der Waals surface area contributed by atoms with E-state index in [-0.39, 0.29) is 18.0 Å². The molecule has 0 heterocycles. The molecule has 2 rings (SSSR count). The van der Waals surface area contributed by atoms with E-state index in [1.807, 2.05) is 6.92 Å². The van der Waals surface area contributed by atoms with Gasteiger partial charge in [0.05, 0.1) is 9.40 Å². The molecule has 0 fully saturated rings. The molecule has 0 aromatic heterocycles. The second kappa shape index (κ2) is 6.41. The van der Waals surface area contributed by atoms with Gasteiger partial charge in [0, 0.05) is 29.4 Å². The highest BCUT2D eigenvalue weighted by Crippen LogP contribution is 2.26. The van der Waals surface area contributed by atoms with Crippen LogP contribution >= 0.6 is 27.5 Å². The van der Waals surface area contributed by atoms with Crippen molar-refractivity contribution in [3.63, 3.8) is 0 Å². The zero-order chi connectivity index (χ0) is 15.6. The molecule has 4 nitrogen and oxygen atoms in total. The van der Waals surface area contributed by atoms with Crippen molar-refractivity contribution in [3.05, 3.63) is 66.9 Å². The summed E-state index contributed by atoms with van der Waals surface area (Å²) in [7, 11) is 0. The Morgan fingerprint density at radius 3 is 2.76 bits per heavy atom. The second-order valence-corrected chi connectivity index (χ2v) is 5.73. The SMILES string of the molecule is Cc1cc(Br)c(F)cc1NCc1cc([N+](=O)[O-])ccc1Cl. The van der Waals surface area contributed by atoms with E-state index in [9.17, 15) is 14.5 Å². The number of non-ortho nitro benzene ring substituents is 1. The molecule has 0 aliphatic rings. The Morgan fingerprint density at radius 2 is 2.10 bits per heavy atom. The smallest absolute Gasteiger partial charge is 0.269 e. The standard InChI is InChI=1S/C14H11BrClFN2O2/c1-8-4-11(15)13(17)6-14(8)18-7-9-5-10(19(20)21)2-3-12(9)16/h2-6,18H,7H2,1H3. The zero-order valence-corrected chi connectivity index (χ0v) is 13.3. The molecular formula is C14H11BrClFN2O2. The van der Waals surface area contributed by atoms with Crippen LogP contribution < -0.4 is 5.32 Å². The first-order valence-corrected chi connectivity index (χ1v) is 7.18. The Morgan fingerprint density at radius 1 is 1.38 bits per heavy atom. The van der Waals surface area contributed by atoms with Gasteiger partial charge < -0.3 is 5.32 Å². The predicted octanol–water partition coefficient (Wildman–Crippen LogP) is 5.07. The molecule has 0 aliphatic carbocycles. The van der Waals surface area contributed by atoms with Crippen LogP contribution in [-0.4, -0.2) is 4.92 Å². The number of hydrogen-bond donors (Lipinski definition) is 1. The number of nitro groups is 1. The fraction of sp³-hybridized carbons (Fsp3) is 0.143. The van der Waals surface area contributed by atoms with E-state index in [2.05, 4.69) is 21.2 Å². The first-order chi connectivity index (χ1) is 9.88. The van der Waals surface area contributed by atoms with E-state index in [1.165, 1.54) is 24.3 Å². The molecule has 0 spiro atoms. The summed E-state index contributed by atoms with van der Waals surface area (Å²) in [6.45, 7) is 2.10. The first kappa shape index (κ1) is 15.7. The van der Waals surface area contributed by atoms with Crippen molar-refractivity contribution in [3.8, 4) is 0 Å². The summed E-state index contributed by atoms with van der Waals surface area (Å²) in [5, 5.41) is 14.2. The maximum absolute atomic E-state index is 13.5. The number of nitrogens with one attached hydrogen (secondary N) is 1. The normalized spacial score (nSPS) is 10.5. The summed E-state index contributed by atoms with van der Waals surface area (Å²) in [5.41, 5.74) is 2.01. The van der Waals surface area contributed by atoms with E-state index in [0.717, 1.165) is 5.56 Å². The van der Waals surface area contributed by atoms with Gasteiger partial charge >= 0.3 is 0 Å². The summed E-state index contributed by atoms with van der Waals surface area (Å²) in [6, 6.07) is 7.25. The van der Waals surface area contributed by atoms with Gasteiger partial charge in [-0.05, 0) is 52.2 Å². The molecule has 0 saturated heterocycles. The Balaban J connectivity index is 2.22. The van der Waals surface area contributed by atoms with Crippen LogP contribution in [0.4, 0.5) is 15.8 Å². The van der Waals surface area contributed by atoms with Gasteiger partial charge in [-0.1, -0.05) is 11.6 Å². The Labute approximate surface area is 134 Å². The Bertz CT molecular complexity index is 710. The number of aryl methyl sites for hydroxylation is 1. The molecule has 1 N–H and O–H groups in total. The monoisotopic (exact) mass is 372 g/mol. The summed E-state index contributed by atoms with van der Waals surface area (Å²) in [4.78, 5) is 10.3. The summed E-state index contributed by atoms with van der Waals surface area (Å²) in [5.74, 6) is -0.381. The molecule has 0 unspecified atom stereocenters. The number of hydrogen-bond acceptors (Lipinski definition) is 3. The van der Waals surface area contributed by atoms with Gasteiger partial charge in [0.25, 0.3) is 5.69 Å². The van der Waals surface area contributed by atoms with Gasteiger partial charge in [-0.3, -0.25) is 10.1 Å². The zero-order valence-electron chi connectivity index (χ0n) is 11.0.